The van der Waals surface area contributed by atoms with Gasteiger partial charge >= 0.3 is 0 Å². The van der Waals surface area contributed by atoms with E-state index < -0.39 is 0 Å². The van der Waals surface area contributed by atoms with Crippen LogP contribution in [0.2, 0.25) is 0 Å². The molecule has 0 aliphatic carbocycles. The molecule has 0 atom stereocenters. The fraction of sp³-hybridized carbons (Fsp3) is 0.941. The van der Waals surface area contributed by atoms with Crippen LogP contribution in [0, 0.1) is 5.41 Å². The van der Waals surface area contributed by atoms with E-state index in [0.717, 1.165) is 32.2 Å². The average Bonchev–Trinajstić information content (AvgIpc) is 2.48. The van der Waals surface area contributed by atoms with Gasteiger partial charge in [0.1, 0.15) is 0 Å². The Bertz CT molecular complexity index is 268. The van der Waals surface area contributed by atoms with Crippen LogP contribution in [0.1, 0.15) is 86.5 Å². The number of aliphatic imine (C=N–C) groups is 1. The van der Waals surface area contributed by atoms with E-state index in [1.54, 1.807) is 0 Å². The van der Waals surface area contributed by atoms with Gasteiger partial charge in [-0.1, -0.05) is 48.0 Å². The molecular formula is C17H37N3. The molecule has 0 aliphatic rings. The van der Waals surface area contributed by atoms with E-state index in [1.165, 1.54) is 19.3 Å². The predicted molar refractivity (Wildman–Crippen MR) is 91.2 cm³/mol. The van der Waals surface area contributed by atoms with Crippen LogP contribution in [0.15, 0.2) is 4.99 Å². The highest BCUT2D eigenvalue weighted by atomic mass is 15.1. The Morgan fingerprint density at radius 3 is 1.75 bits per heavy atom. The Morgan fingerprint density at radius 2 is 1.40 bits per heavy atom. The maximum atomic E-state index is 6.15. The molecule has 0 amide bonds. The number of guanidine groups is 1. The van der Waals surface area contributed by atoms with Crippen molar-refractivity contribution in [2.45, 2.75) is 92.0 Å². The fourth-order valence-electron chi connectivity index (χ4n) is 3.72. The lowest BCUT2D eigenvalue weighted by Gasteiger charge is -2.50. The van der Waals surface area contributed by atoms with Gasteiger partial charge in [0.15, 0.2) is 5.96 Å². The topological polar surface area (TPSA) is 50.4 Å². The van der Waals surface area contributed by atoms with Crippen LogP contribution in [0.5, 0.6) is 0 Å². The van der Waals surface area contributed by atoms with E-state index in [0.29, 0.717) is 11.4 Å². The number of nitrogens with two attached hydrogens (primary N) is 1. The third-order valence-corrected chi connectivity index (χ3v) is 5.41. The summed E-state index contributed by atoms with van der Waals surface area (Å²) < 4.78 is 0. The molecule has 0 saturated carbocycles. The molecule has 0 radical (unpaired) electrons. The maximum absolute atomic E-state index is 6.15. The largest absolute Gasteiger partial charge is 0.370 e. The van der Waals surface area contributed by atoms with Gasteiger partial charge in [0, 0.05) is 12.1 Å². The lowest BCUT2D eigenvalue weighted by molar-refractivity contribution is 0.0712. The second-order valence-electron chi connectivity index (χ2n) is 5.88. The van der Waals surface area contributed by atoms with Crippen molar-refractivity contribution in [2.75, 3.05) is 6.54 Å². The van der Waals surface area contributed by atoms with E-state index in [1.807, 2.05) is 0 Å². The molecular weight excluding hydrogens is 246 g/mol. The summed E-state index contributed by atoms with van der Waals surface area (Å²) in [6.45, 7) is 14.5. The van der Waals surface area contributed by atoms with Crippen LogP contribution in [-0.4, -0.2) is 18.0 Å². The average molecular weight is 284 g/mol. The monoisotopic (exact) mass is 283 g/mol. The van der Waals surface area contributed by atoms with Crippen LogP contribution >= 0.6 is 0 Å². The molecule has 0 aromatic heterocycles. The van der Waals surface area contributed by atoms with Crippen molar-refractivity contribution < 1.29 is 0 Å². The van der Waals surface area contributed by atoms with Gasteiger partial charge in [0.2, 0.25) is 0 Å². The summed E-state index contributed by atoms with van der Waals surface area (Å²) in [5.74, 6) is 0.627. The predicted octanol–water partition coefficient (Wildman–Crippen LogP) is 4.47. The normalized spacial score (nSPS) is 13.6. The van der Waals surface area contributed by atoms with Crippen molar-refractivity contribution in [3.63, 3.8) is 0 Å². The zero-order valence-electron chi connectivity index (χ0n) is 14.7. The van der Waals surface area contributed by atoms with Gasteiger partial charge in [-0.25, -0.2) is 0 Å². The Morgan fingerprint density at radius 1 is 0.900 bits per heavy atom. The minimum atomic E-state index is 0.0606. The summed E-state index contributed by atoms with van der Waals surface area (Å²) in [4.78, 5) is 4.49. The number of unbranched alkanes of at least 4 members (excludes halogenated alkanes) is 1. The summed E-state index contributed by atoms with van der Waals surface area (Å²) in [6.07, 6.45) is 7.97. The molecule has 0 rings (SSSR count). The van der Waals surface area contributed by atoms with E-state index in [9.17, 15) is 0 Å². The minimum Gasteiger partial charge on any atom is -0.370 e. The first kappa shape index (κ1) is 19.3. The molecule has 20 heavy (non-hydrogen) atoms. The van der Waals surface area contributed by atoms with E-state index in [-0.39, 0.29) is 5.54 Å². The van der Waals surface area contributed by atoms with Crippen LogP contribution in [0.4, 0.5) is 0 Å². The fourth-order valence-corrected chi connectivity index (χ4v) is 3.72. The minimum absolute atomic E-state index is 0.0606. The third kappa shape index (κ3) is 4.13. The lowest BCUT2D eigenvalue weighted by atomic mass is 9.61. The first-order chi connectivity index (χ1) is 9.51. The van der Waals surface area contributed by atoms with E-state index in [4.69, 9.17) is 5.73 Å². The number of rotatable bonds is 10. The molecule has 0 spiro atoms. The first-order valence-corrected chi connectivity index (χ1v) is 8.59. The highest BCUT2D eigenvalue weighted by Gasteiger charge is 2.45. The van der Waals surface area contributed by atoms with Crippen LogP contribution in [-0.2, 0) is 0 Å². The molecule has 0 bridgehead atoms. The quantitative estimate of drug-likeness (QED) is 0.353. The van der Waals surface area contributed by atoms with Crippen molar-refractivity contribution in [3.8, 4) is 0 Å². The Labute approximate surface area is 126 Å². The zero-order chi connectivity index (χ0) is 15.6. The maximum Gasteiger partial charge on any atom is 0.189 e. The molecule has 0 unspecified atom stereocenters. The van der Waals surface area contributed by atoms with Gasteiger partial charge in [0.25, 0.3) is 0 Å². The molecule has 3 N–H and O–H groups in total. The van der Waals surface area contributed by atoms with Gasteiger partial charge in [0.05, 0.1) is 0 Å². The van der Waals surface area contributed by atoms with Crippen molar-refractivity contribution in [1.29, 1.82) is 0 Å². The van der Waals surface area contributed by atoms with Gasteiger partial charge in [-0.3, -0.25) is 4.99 Å². The number of nitrogens with one attached hydrogen (secondary N) is 1. The first-order valence-electron chi connectivity index (χ1n) is 8.59. The second kappa shape index (κ2) is 9.25. The van der Waals surface area contributed by atoms with Gasteiger partial charge < -0.3 is 11.1 Å². The standard InChI is InChI=1S/C17H37N3/c1-7-13-14-19-15(18)20-17(11-5,12-6)16(8-2,9-3)10-4/h7-14H2,1-6H3,(H3,18,19,20). The number of hydrogen-bond acceptors (Lipinski definition) is 1. The zero-order valence-corrected chi connectivity index (χ0v) is 14.7. The van der Waals surface area contributed by atoms with Crippen molar-refractivity contribution in [2.24, 2.45) is 16.1 Å². The molecule has 0 aromatic rings. The Balaban J connectivity index is 5.23. The smallest absolute Gasteiger partial charge is 0.189 e. The van der Waals surface area contributed by atoms with Crippen molar-refractivity contribution in [3.05, 3.63) is 0 Å². The Kier molecular flexibility index (Phi) is 8.91. The summed E-state index contributed by atoms with van der Waals surface area (Å²) >= 11 is 0. The molecule has 0 aliphatic heterocycles. The number of nitrogens with zero attached hydrogens (tertiary/aromatic N) is 1. The second-order valence-corrected chi connectivity index (χ2v) is 5.88. The Hall–Kier alpha value is -0.730. The molecule has 3 heteroatoms. The molecule has 0 aromatic carbocycles. The van der Waals surface area contributed by atoms with Crippen LogP contribution < -0.4 is 11.1 Å². The summed E-state index contributed by atoms with van der Waals surface area (Å²) in [7, 11) is 0. The SMILES string of the molecule is CCCCN=C(N)NC(CC)(CC)C(CC)(CC)CC. The molecule has 0 saturated heterocycles. The van der Waals surface area contributed by atoms with Crippen molar-refractivity contribution >= 4 is 5.96 Å². The van der Waals surface area contributed by atoms with E-state index >= 15 is 0 Å². The third-order valence-electron chi connectivity index (χ3n) is 5.41. The summed E-state index contributed by atoms with van der Waals surface area (Å²) in [5.41, 5.74) is 6.51. The molecule has 0 heterocycles. The summed E-state index contributed by atoms with van der Waals surface area (Å²) in [5, 5.41) is 3.61. The van der Waals surface area contributed by atoms with Crippen LogP contribution in [0.25, 0.3) is 0 Å². The lowest BCUT2D eigenvalue weighted by Crippen LogP contribution is -2.60. The van der Waals surface area contributed by atoms with Gasteiger partial charge in [-0.15, -0.1) is 0 Å². The molecule has 3 nitrogen and oxygen atoms in total. The van der Waals surface area contributed by atoms with Gasteiger partial charge in [-0.05, 0) is 43.9 Å². The van der Waals surface area contributed by atoms with E-state index in [2.05, 4.69) is 51.9 Å². The summed E-state index contributed by atoms with van der Waals surface area (Å²) in [6, 6.07) is 0. The number of hydrogen-bond donors (Lipinski definition) is 2. The molecule has 120 valence electrons. The van der Waals surface area contributed by atoms with Gasteiger partial charge in [-0.2, -0.15) is 0 Å². The highest BCUT2D eigenvalue weighted by molar-refractivity contribution is 5.78. The van der Waals surface area contributed by atoms with Crippen LogP contribution in [0.3, 0.4) is 0 Å². The van der Waals surface area contributed by atoms with Crippen molar-refractivity contribution in [1.82, 2.24) is 5.32 Å². The highest BCUT2D eigenvalue weighted by Crippen LogP contribution is 2.45. The molecule has 0 fully saturated rings.